The molecule has 0 amide bonds. The molecule has 1 N–H and O–H groups in total. The van der Waals surface area contributed by atoms with Gasteiger partial charge in [-0.25, -0.2) is 4.68 Å². The van der Waals surface area contributed by atoms with E-state index in [4.69, 9.17) is 0 Å². The SMILES string of the molecule is CNC(Cn1nc(C)ccc1=O)c1cc(C)ccc1C. The van der Waals surface area contributed by atoms with Crippen LogP contribution in [-0.4, -0.2) is 16.8 Å². The van der Waals surface area contributed by atoms with Gasteiger partial charge in [0.1, 0.15) is 0 Å². The van der Waals surface area contributed by atoms with Crippen LogP contribution in [-0.2, 0) is 6.54 Å². The van der Waals surface area contributed by atoms with Crippen LogP contribution in [0.1, 0.15) is 28.4 Å². The van der Waals surface area contributed by atoms with E-state index < -0.39 is 0 Å². The zero-order valence-electron chi connectivity index (χ0n) is 12.5. The number of aromatic nitrogens is 2. The van der Waals surface area contributed by atoms with E-state index in [0.29, 0.717) is 6.54 Å². The largest absolute Gasteiger partial charge is 0.311 e. The van der Waals surface area contributed by atoms with Gasteiger partial charge in [0, 0.05) is 6.07 Å². The molecule has 106 valence electrons. The molecule has 1 unspecified atom stereocenters. The molecule has 2 aromatic rings. The molecule has 0 saturated heterocycles. The highest BCUT2D eigenvalue weighted by molar-refractivity contribution is 5.32. The minimum Gasteiger partial charge on any atom is -0.311 e. The van der Waals surface area contributed by atoms with E-state index in [1.165, 1.54) is 21.4 Å². The van der Waals surface area contributed by atoms with Crippen LogP contribution < -0.4 is 10.9 Å². The van der Waals surface area contributed by atoms with Gasteiger partial charge in [-0.3, -0.25) is 4.79 Å². The lowest BCUT2D eigenvalue weighted by Gasteiger charge is -2.20. The third kappa shape index (κ3) is 3.14. The molecule has 0 radical (unpaired) electrons. The number of benzene rings is 1. The Morgan fingerprint density at radius 1 is 1.20 bits per heavy atom. The zero-order valence-corrected chi connectivity index (χ0v) is 12.5. The van der Waals surface area contributed by atoms with E-state index in [-0.39, 0.29) is 11.6 Å². The maximum atomic E-state index is 11.9. The first-order valence-electron chi connectivity index (χ1n) is 6.80. The number of likely N-dealkylation sites (N-methyl/N-ethyl adjacent to an activating group) is 1. The summed E-state index contributed by atoms with van der Waals surface area (Å²) in [6.07, 6.45) is 0. The molecule has 1 heterocycles. The van der Waals surface area contributed by atoms with Gasteiger partial charge in [0.05, 0.1) is 18.3 Å². The normalized spacial score (nSPS) is 12.4. The minimum atomic E-state index is -0.0684. The summed E-state index contributed by atoms with van der Waals surface area (Å²) in [5, 5.41) is 7.58. The molecule has 20 heavy (non-hydrogen) atoms. The first-order chi connectivity index (χ1) is 9.51. The summed E-state index contributed by atoms with van der Waals surface area (Å²) in [4.78, 5) is 11.9. The van der Waals surface area contributed by atoms with Crippen molar-refractivity contribution < 1.29 is 0 Å². The molecule has 0 bridgehead atoms. The molecule has 4 nitrogen and oxygen atoms in total. The lowest BCUT2D eigenvalue weighted by molar-refractivity contribution is 0.448. The number of hydrogen-bond acceptors (Lipinski definition) is 3. The van der Waals surface area contributed by atoms with E-state index in [2.05, 4.69) is 42.5 Å². The maximum Gasteiger partial charge on any atom is 0.266 e. The van der Waals surface area contributed by atoms with Gasteiger partial charge in [-0.05, 0) is 45.0 Å². The molecular weight excluding hydrogens is 250 g/mol. The van der Waals surface area contributed by atoms with Gasteiger partial charge < -0.3 is 5.32 Å². The lowest BCUT2D eigenvalue weighted by atomic mass is 9.99. The smallest absolute Gasteiger partial charge is 0.266 e. The Morgan fingerprint density at radius 3 is 2.65 bits per heavy atom. The second-order valence-corrected chi connectivity index (χ2v) is 5.20. The molecule has 0 saturated carbocycles. The Balaban J connectivity index is 2.36. The Hall–Kier alpha value is -1.94. The minimum absolute atomic E-state index is 0.0684. The molecule has 0 aliphatic carbocycles. The summed E-state index contributed by atoms with van der Waals surface area (Å²) in [5.41, 5.74) is 4.43. The van der Waals surface area contributed by atoms with Crippen molar-refractivity contribution >= 4 is 0 Å². The van der Waals surface area contributed by atoms with E-state index in [0.717, 1.165) is 5.69 Å². The standard InChI is InChI=1S/C16H21N3O/c1-11-5-6-12(2)14(9-11)15(17-4)10-19-16(20)8-7-13(3)18-19/h5-9,15,17H,10H2,1-4H3. The summed E-state index contributed by atoms with van der Waals surface area (Å²) < 4.78 is 1.53. The highest BCUT2D eigenvalue weighted by Crippen LogP contribution is 2.20. The summed E-state index contributed by atoms with van der Waals surface area (Å²) >= 11 is 0. The number of nitrogens with one attached hydrogen (secondary N) is 1. The molecular formula is C16H21N3O. The van der Waals surface area contributed by atoms with Crippen LogP contribution in [0.4, 0.5) is 0 Å². The second-order valence-electron chi connectivity index (χ2n) is 5.20. The fourth-order valence-electron chi connectivity index (χ4n) is 2.34. The van der Waals surface area contributed by atoms with Crippen molar-refractivity contribution in [3.63, 3.8) is 0 Å². The third-order valence-corrected chi connectivity index (χ3v) is 3.51. The molecule has 2 rings (SSSR count). The van der Waals surface area contributed by atoms with Crippen LogP contribution in [0, 0.1) is 20.8 Å². The highest BCUT2D eigenvalue weighted by Gasteiger charge is 2.14. The predicted octanol–water partition coefficient (Wildman–Crippen LogP) is 2.13. The first kappa shape index (κ1) is 14.5. The number of aryl methyl sites for hydroxylation is 3. The molecule has 0 aliphatic heterocycles. The van der Waals surface area contributed by atoms with Gasteiger partial charge in [-0.2, -0.15) is 5.10 Å². The second kappa shape index (κ2) is 6.01. The zero-order chi connectivity index (χ0) is 14.7. The third-order valence-electron chi connectivity index (χ3n) is 3.51. The van der Waals surface area contributed by atoms with Gasteiger partial charge in [0.15, 0.2) is 0 Å². The molecule has 0 spiro atoms. The Morgan fingerprint density at radius 2 is 1.95 bits per heavy atom. The van der Waals surface area contributed by atoms with Crippen LogP contribution >= 0.6 is 0 Å². The molecule has 0 fully saturated rings. The van der Waals surface area contributed by atoms with Crippen LogP contribution in [0.2, 0.25) is 0 Å². The lowest BCUT2D eigenvalue weighted by Crippen LogP contribution is -2.30. The topological polar surface area (TPSA) is 46.9 Å². The van der Waals surface area contributed by atoms with Crippen molar-refractivity contribution in [1.29, 1.82) is 0 Å². The number of nitrogens with zero attached hydrogens (tertiary/aromatic N) is 2. The van der Waals surface area contributed by atoms with Gasteiger partial charge in [0.25, 0.3) is 5.56 Å². The van der Waals surface area contributed by atoms with Crippen molar-refractivity contribution in [3.8, 4) is 0 Å². The molecule has 1 aromatic heterocycles. The van der Waals surface area contributed by atoms with E-state index in [9.17, 15) is 4.79 Å². The summed E-state index contributed by atoms with van der Waals surface area (Å²) in [6, 6.07) is 9.76. The first-order valence-corrected chi connectivity index (χ1v) is 6.80. The van der Waals surface area contributed by atoms with Crippen molar-refractivity contribution in [2.75, 3.05) is 7.05 Å². The van der Waals surface area contributed by atoms with Gasteiger partial charge in [-0.1, -0.05) is 23.8 Å². The van der Waals surface area contributed by atoms with Gasteiger partial charge in [-0.15, -0.1) is 0 Å². The Labute approximate surface area is 119 Å². The number of hydrogen-bond donors (Lipinski definition) is 1. The quantitative estimate of drug-likeness (QED) is 0.926. The average Bonchev–Trinajstić information content (AvgIpc) is 2.42. The van der Waals surface area contributed by atoms with Gasteiger partial charge >= 0.3 is 0 Å². The van der Waals surface area contributed by atoms with Crippen LogP contribution in [0.15, 0.2) is 35.1 Å². The summed E-state index contributed by atoms with van der Waals surface area (Å²) in [6.45, 7) is 6.59. The van der Waals surface area contributed by atoms with Crippen LogP contribution in [0.3, 0.4) is 0 Å². The number of rotatable bonds is 4. The average molecular weight is 271 g/mol. The fraction of sp³-hybridized carbons (Fsp3) is 0.375. The highest BCUT2D eigenvalue weighted by atomic mass is 16.1. The van der Waals surface area contributed by atoms with Crippen molar-refractivity contribution in [3.05, 3.63) is 63.1 Å². The fourth-order valence-corrected chi connectivity index (χ4v) is 2.34. The van der Waals surface area contributed by atoms with Crippen molar-refractivity contribution in [2.45, 2.75) is 33.4 Å². The van der Waals surface area contributed by atoms with Crippen molar-refractivity contribution in [2.24, 2.45) is 0 Å². The molecule has 1 atom stereocenters. The predicted molar refractivity (Wildman–Crippen MR) is 81.0 cm³/mol. The molecule has 1 aromatic carbocycles. The summed E-state index contributed by atoms with van der Waals surface area (Å²) in [7, 11) is 1.91. The van der Waals surface area contributed by atoms with Crippen molar-refractivity contribution in [1.82, 2.24) is 15.1 Å². The van der Waals surface area contributed by atoms with E-state index >= 15 is 0 Å². The monoisotopic (exact) mass is 271 g/mol. The van der Waals surface area contributed by atoms with Crippen LogP contribution in [0.5, 0.6) is 0 Å². The van der Waals surface area contributed by atoms with Crippen LogP contribution in [0.25, 0.3) is 0 Å². The Kier molecular flexibility index (Phi) is 4.35. The summed E-state index contributed by atoms with van der Waals surface area (Å²) in [5.74, 6) is 0. The molecule has 4 heteroatoms. The Bertz CT molecular complexity index is 661. The van der Waals surface area contributed by atoms with Gasteiger partial charge in [0.2, 0.25) is 0 Å². The molecule has 0 aliphatic rings. The maximum absolute atomic E-state index is 11.9. The van der Waals surface area contributed by atoms with E-state index in [1.54, 1.807) is 12.1 Å². The van der Waals surface area contributed by atoms with E-state index in [1.807, 2.05) is 14.0 Å².